The van der Waals surface area contributed by atoms with E-state index in [1.807, 2.05) is 43.3 Å². The van der Waals surface area contributed by atoms with Gasteiger partial charge in [0, 0.05) is 11.6 Å². The fourth-order valence-electron chi connectivity index (χ4n) is 2.51. The van der Waals surface area contributed by atoms with Crippen LogP contribution in [-0.2, 0) is 10.2 Å². The third-order valence-electron chi connectivity index (χ3n) is 4.16. The Balaban J connectivity index is 1.80. The SMILES string of the molecule is CCOc1ccc(/C=C/C(=O)NC(=S)NNC(=O)c2ccc(C(C)(C)C)cc2)cc1. The molecule has 158 valence electrons. The Hall–Kier alpha value is -3.19. The van der Waals surface area contributed by atoms with Crippen LogP contribution in [0.5, 0.6) is 5.75 Å². The number of rotatable bonds is 5. The molecule has 0 heterocycles. The molecule has 0 spiro atoms. The predicted molar refractivity (Wildman–Crippen MR) is 123 cm³/mol. The van der Waals surface area contributed by atoms with Crippen LogP contribution in [0.3, 0.4) is 0 Å². The fraction of sp³-hybridized carbons (Fsp3) is 0.261. The van der Waals surface area contributed by atoms with Crippen molar-refractivity contribution < 1.29 is 14.3 Å². The lowest BCUT2D eigenvalue weighted by Crippen LogP contribution is -2.48. The Bertz CT molecular complexity index is 914. The maximum Gasteiger partial charge on any atom is 0.269 e. The van der Waals surface area contributed by atoms with E-state index >= 15 is 0 Å². The summed E-state index contributed by atoms with van der Waals surface area (Å²) in [4.78, 5) is 24.2. The van der Waals surface area contributed by atoms with E-state index in [1.54, 1.807) is 18.2 Å². The summed E-state index contributed by atoms with van der Waals surface area (Å²) in [5.74, 6) is 0.00965. The van der Waals surface area contributed by atoms with Crippen LogP contribution in [0.4, 0.5) is 0 Å². The molecule has 0 saturated carbocycles. The number of hydrazine groups is 1. The van der Waals surface area contributed by atoms with Gasteiger partial charge < -0.3 is 4.74 Å². The monoisotopic (exact) mass is 425 g/mol. The van der Waals surface area contributed by atoms with Crippen molar-refractivity contribution in [1.29, 1.82) is 0 Å². The van der Waals surface area contributed by atoms with E-state index in [9.17, 15) is 9.59 Å². The van der Waals surface area contributed by atoms with Gasteiger partial charge in [-0.25, -0.2) is 0 Å². The molecule has 0 fully saturated rings. The van der Waals surface area contributed by atoms with Crippen molar-refractivity contribution in [1.82, 2.24) is 16.2 Å². The molecular formula is C23H27N3O3S. The van der Waals surface area contributed by atoms with Crippen molar-refractivity contribution in [2.24, 2.45) is 0 Å². The minimum Gasteiger partial charge on any atom is -0.494 e. The van der Waals surface area contributed by atoms with Gasteiger partial charge in [0.1, 0.15) is 5.75 Å². The van der Waals surface area contributed by atoms with Gasteiger partial charge in [-0.1, -0.05) is 45.0 Å². The summed E-state index contributed by atoms with van der Waals surface area (Å²) in [5.41, 5.74) is 7.48. The van der Waals surface area contributed by atoms with E-state index in [4.69, 9.17) is 17.0 Å². The summed E-state index contributed by atoms with van der Waals surface area (Å²) in [6.45, 7) is 8.83. The molecule has 0 aliphatic rings. The first-order valence-corrected chi connectivity index (χ1v) is 10.0. The highest BCUT2D eigenvalue weighted by molar-refractivity contribution is 7.80. The Labute approximate surface area is 182 Å². The second kappa shape index (κ2) is 10.5. The number of nitrogens with one attached hydrogen (secondary N) is 3. The summed E-state index contributed by atoms with van der Waals surface area (Å²) >= 11 is 5.04. The molecule has 0 aliphatic carbocycles. The molecule has 2 rings (SSSR count). The standard InChI is InChI=1S/C23H27N3O3S/c1-5-29-19-13-6-16(7-14-19)8-15-20(27)24-22(30)26-25-21(28)17-9-11-18(12-10-17)23(2,3)4/h6-15H,5H2,1-4H3,(H,25,28)(H2,24,26,27,30)/b15-8+. The van der Waals surface area contributed by atoms with Crippen LogP contribution in [0.25, 0.3) is 6.08 Å². The van der Waals surface area contributed by atoms with Crippen LogP contribution >= 0.6 is 12.2 Å². The van der Waals surface area contributed by atoms with Crippen LogP contribution in [-0.4, -0.2) is 23.5 Å². The minimum absolute atomic E-state index is 0.00370. The highest BCUT2D eigenvalue weighted by Gasteiger charge is 2.14. The molecule has 2 aromatic carbocycles. The molecule has 7 heteroatoms. The van der Waals surface area contributed by atoms with Crippen molar-refractivity contribution in [3.63, 3.8) is 0 Å². The molecule has 0 unspecified atom stereocenters. The molecule has 0 radical (unpaired) electrons. The molecule has 0 saturated heterocycles. The maximum absolute atomic E-state index is 12.2. The molecule has 2 aromatic rings. The number of benzene rings is 2. The fourth-order valence-corrected chi connectivity index (χ4v) is 2.66. The lowest BCUT2D eigenvalue weighted by molar-refractivity contribution is -0.115. The Morgan fingerprint density at radius 1 is 1.00 bits per heavy atom. The van der Waals surface area contributed by atoms with E-state index in [0.29, 0.717) is 12.2 Å². The second-order valence-electron chi connectivity index (χ2n) is 7.56. The summed E-state index contributed by atoms with van der Waals surface area (Å²) < 4.78 is 5.37. The number of hydrogen-bond acceptors (Lipinski definition) is 4. The van der Waals surface area contributed by atoms with Crippen molar-refractivity contribution in [3.05, 3.63) is 71.3 Å². The highest BCUT2D eigenvalue weighted by atomic mass is 32.1. The Morgan fingerprint density at radius 3 is 2.20 bits per heavy atom. The summed E-state index contributed by atoms with van der Waals surface area (Å²) in [6.07, 6.45) is 3.01. The van der Waals surface area contributed by atoms with Crippen LogP contribution in [0.15, 0.2) is 54.6 Å². The van der Waals surface area contributed by atoms with Gasteiger partial charge in [0.05, 0.1) is 6.61 Å². The molecule has 30 heavy (non-hydrogen) atoms. The van der Waals surface area contributed by atoms with Gasteiger partial charge in [0.15, 0.2) is 5.11 Å². The average molecular weight is 426 g/mol. The largest absolute Gasteiger partial charge is 0.494 e. The molecule has 3 N–H and O–H groups in total. The quantitative estimate of drug-likeness (QED) is 0.386. The van der Waals surface area contributed by atoms with E-state index in [2.05, 4.69) is 36.9 Å². The van der Waals surface area contributed by atoms with Crippen LogP contribution in [0.2, 0.25) is 0 Å². The summed E-state index contributed by atoms with van der Waals surface area (Å²) in [6, 6.07) is 14.7. The van der Waals surface area contributed by atoms with Gasteiger partial charge in [0.25, 0.3) is 5.91 Å². The smallest absolute Gasteiger partial charge is 0.269 e. The zero-order valence-corrected chi connectivity index (χ0v) is 18.4. The lowest BCUT2D eigenvalue weighted by Gasteiger charge is -2.19. The maximum atomic E-state index is 12.2. The van der Waals surface area contributed by atoms with E-state index in [1.165, 1.54) is 6.08 Å². The van der Waals surface area contributed by atoms with E-state index in [-0.39, 0.29) is 16.4 Å². The molecule has 0 aromatic heterocycles. The number of hydrogen-bond donors (Lipinski definition) is 3. The van der Waals surface area contributed by atoms with Crippen LogP contribution in [0.1, 0.15) is 49.2 Å². The van der Waals surface area contributed by atoms with Crippen molar-refractivity contribution >= 4 is 35.2 Å². The number of thiocarbonyl (C=S) groups is 1. The summed E-state index contributed by atoms with van der Waals surface area (Å²) in [7, 11) is 0. The zero-order valence-electron chi connectivity index (χ0n) is 17.6. The first-order chi connectivity index (χ1) is 14.2. The first kappa shape index (κ1) is 23.1. The van der Waals surface area contributed by atoms with Gasteiger partial charge in [-0.15, -0.1) is 0 Å². The topological polar surface area (TPSA) is 79.5 Å². The zero-order chi connectivity index (χ0) is 22.1. The molecule has 0 bridgehead atoms. The third kappa shape index (κ3) is 7.33. The molecular weight excluding hydrogens is 398 g/mol. The van der Waals surface area contributed by atoms with E-state index in [0.717, 1.165) is 16.9 Å². The molecule has 6 nitrogen and oxygen atoms in total. The number of amides is 2. The normalized spacial score (nSPS) is 11.1. The molecule has 2 amide bonds. The van der Waals surface area contributed by atoms with Crippen molar-refractivity contribution in [2.45, 2.75) is 33.1 Å². The van der Waals surface area contributed by atoms with Gasteiger partial charge in [-0.2, -0.15) is 0 Å². The van der Waals surface area contributed by atoms with Crippen molar-refractivity contribution in [2.75, 3.05) is 6.61 Å². The minimum atomic E-state index is -0.412. The molecule has 0 atom stereocenters. The third-order valence-corrected chi connectivity index (χ3v) is 4.36. The Kier molecular flexibility index (Phi) is 8.12. The lowest BCUT2D eigenvalue weighted by atomic mass is 9.87. The summed E-state index contributed by atoms with van der Waals surface area (Å²) in [5, 5.41) is 2.47. The van der Waals surface area contributed by atoms with Crippen molar-refractivity contribution in [3.8, 4) is 5.75 Å². The van der Waals surface area contributed by atoms with Gasteiger partial charge in [-0.05, 0) is 66.0 Å². The number of ether oxygens (including phenoxy) is 1. The number of carbonyl (C=O) groups is 2. The molecule has 0 aliphatic heterocycles. The average Bonchev–Trinajstić information content (AvgIpc) is 2.71. The van der Waals surface area contributed by atoms with Gasteiger partial charge >= 0.3 is 0 Å². The van der Waals surface area contributed by atoms with Gasteiger partial charge in [0.2, 0.25) is 5.91 Å². The number of carbonyl (C=O) groups excluding carboxylic acids is 2. The van der Waals surface area contributed by atoms with Gasteiger partial charge in [-0.3, -0.25) is 25.8 Å². The predicted octanol–water partition coefficient (Wildman–Crippen LogP) is 3.73. The first-order valence-electron chi connectivity index (χ1n) is 9.62. The highest BCUT2D eigenvalue weighted by Crippen LogP contribution is 2.22. The van der Waals surface area contributed by atoms with Crippen LogP contribution in [0, 0.1) is 0 Å². The van der Waals surface area contributed by atoms with Crippen LogP contribution < -0.4 is 20.9 Å². The Morgan fingerprint density at radius 2 is 1.63 bits per heavy atom. The van der Waals surface area contributed by atoms with E-state index < -0.39 is 5.91 Å². The second-order valence-corrected chi connectivity index (χ2v) is 7.97.